The van der Waals surface area contributed by atoms with Crippen molar-refractivity contribution in [3.8, 4) is 11.5 Å². The largest absolute Gasteiger partial charge is 0.493 e. The molecule has 2 aromatic rings. The highest BCUT2D eigenvalue weighted by Gasteiger charge is 2.24. The summed E-state index contributed by atoms with van der Waals surface area (Å²) in [5.74, 6) is 0.700. The molecule has 0 saturated carbocycles. The molecule has 0 radical (unpaired) electrons. The molecule has 1 unspecified atom stereocenters. The lowest BCUT2D eigenvalue weighted by molar-refractivity contribution is -0.124. The fourth-order valence-corrected chi connectivity index (χ4v) is 2.53. The standard InChI is InChI=1S/C21H26N2O4/c1-15(2)19(23-20(24)16-9-5-4-6-10-16)21(25)22-13-14-27-18-12-8-7-11-17(18)26-3/h4-12,15,19H,13-14H2,1-3H3,(H,22,25)(H,23,24). The second-order valence-electron chi connectivity index (χ2n) is 6.35. The first kappa shape index (κ1) is 20.3. The van der Waals surface area contributed by atoms with Crippen LogP contribution in [0.15, 0.2) is 54.6 Å². The molecular weight excluding hydrogens is 344 g/mol. The Morgan fingerprint density at radius 1 is 0.963 bits per heavy atom. The molecule has 0 aliphatic rings. The number of hydrogen-bond acceptors (Lipinski definition) is 4. The molecule has 1 atom stereocenters. The average Bonchev–Trinajstić information content (AvgIpc) is 2.69. The molecule has 0 saturated heterocycles. The summed E-state index contributed by atoms with van der Waals surface area (Å²) >= 11 is 0. The summed E-state index contributed by atoms with van der Waals surface area (Å²) in [7, 11) is 1.58. The van der Waals surface area contributed by atoms with E-state index in [4.69, 9.17) is 9.47 Å². The van der Waals surface area contributed by atoms with E-state index in [9.17, 15) is 9.59 Å². The van der Waals surface area contributed by atoms with Crippen LogP contribution in [0.3, 0.4) is 0 Å². The molecule has 0 spiro atoms. The quantitative estimate of drug-likeness (QED) is 0.666. The van der Waals surface area contributed by atoms with Crippen LogP contribution in [0.2, 0.25) is 0 Å². The van der Waals surface area contributed by atoms with Gasteiger partial charge in [0.15, 0.2) is 11.5 Å². The maximum Gasteiger partial charge on any atom is 0.251 e. The molecule has 6 nitrogen and oxygen atoms in total. The minimum Gasteiger partial charge on any atom is -0.493 e. The number of carbonyl (C=O) groups is 2. The van der Waals surface area contributed by atoms with Crippen molar-refractivity contribution < 1.29 is 19.1 Å². The van der Waals surface area contributed by atoms with Crippen LogP contribution in [-0.2, 0) is 4.79 Å². The lowest BCUT2D eigenvalue weighted by atomic mass is 10.0. The van der Waals surface area contributed by atoms with Gasteiger partial charge in [0.25, 0.3) is 5.91 Å². The Bertz CT molecular complexity index is 747. The normalized spacial score (nSPS) is 11.6. The number of nitrogens with one attached hydrogen (secondary N) is 2. The maximum atomic E-state index is 12.5. The van der Waals surface area contributed by atoms with Gasteiger partial charge in [-0.3, -0.25) is 9.59 Å². The number of methoxy groups -OCH3 is 1. The van der Waals surface area contributed by atoms with Crippen molar-refractivity contribution in [2.24, 2.45) is 5.92 Å². The van der Waals surface area contributed by atoms with Gasteiger partial charge in [-0.15, -0.1) is 0 Å². The zero-order chi connectivity index (χ0) is 19.6. The summed E-state index contributed by atoms with van der Waals surface area (Å²) in [5, 5.41) is 5.61. The van der Waals surface area contributed by atoms with Crippen LogP contribution in [-0.4, -0.2) is 38.1 Å². The van der Waals surface area contributed by atoms with E-state index in [2.05, 4.69) is 10.6 Å². The van der Waals surface area contributed by atoms with E-state index in [0.717, 1.165) is 0 Å². The van der Waals surface area contributed by atoms with E-state index in [1.165, 1.54) is 0 Å². The van der Waals surface area contributed by atoms with Gasteiger partial charge in [-0.25, -0.2) is 0 Å². The highest BCUT2D eigenvalue weighted by molar-refractivity contribution is 5.97. The average molecular weight is 370 g/mol. The van der Waals surface area contributed by atoms with Gasteiger partial charge in [0.05, 0.1) is 13.7 Å². The van der Waals surface area contributed by atoms with Crippen molar-refractivity contribution in [1.29, 1.82) is 0 Å². The smallest absolute Gasteiger partial charge is 0.251 e. The Labute approximate surface area is 159 Å². The third-order valence-corrected chi connectivity index (χ3v) is 4.00. The molecule has 2 aromatic carbocycles. The van der Waals surface area contributed by atoms with Gasteiger partial charge >= 0.3 is 0 Å². The molecule has 0 heterocycles. The van der Waals surface area contributed by atoms with E-state index >= 15 is 0 Å². The number of ether oxygens (including phenoxy) is 2. The number of benzene rings is 2. The van der Waals surface area contributed by atoms with Crippen LogP contribution in [0.1, 0.15) is 24.2 Å². The third kappa shape index (κ3) is 6.02. The lowest BCUT2D eigenvalue weighted by Crippen LogP contribution is -2.50. The van der Waals surface area contributed by atoms with Gasteiger partial charge in [0.2, 0.25) is 5.91 Å². The molecular formula is C21H26N2O4. The summed E-state index contributed by atoms with van der Waals surface area (Å²) in [6.45, 7) is 4.40. The zero-order valence-corrected chi connectivity index (χ0v) is 15.9. The van der Waals surface area contributed by atoms with Gasteiger partial charge in [0, 0.05) is 5.56 Å². The number of para-hydroxylation sites is 2. The Balaban J connectivity index is 1.85. The van der Waals surface area contributed by atoms with Crippen LogP contribution < -0.4 is 20.1 Å². The van der Waals surface area contributed by atoms with Gasteiger partial charge in [-0.2, -0.15) is 0 Å². The van der Waals surface area contributed by atoms with Crippen LogP contribution in [0.25, 0.3) is 0 Å². The minimum atomic E-state index is -0.621. The van der Waals surface area contributed by atoms with Crippen molar-refractivity contribution in [3.05, 3.63) is 60.2 Å². The maximum absolute atomic E-state index is 12.5. The first-order chi connectivity index (χ1) is 13.0. The molecule has 6 heteroatoms. The second kappa shape index (κ2) is 10.2. The van der Waals surface area contributed by atoms with E-state index in [0.29, 0.717) is 30.2 Å². The highest BCUT2D eigenvalue weighted by Crippen LogP contribution is 2.25. The van der Waals surface area contributed by atoms with Crippen LogP contribution >= 0.6 is 0 Å². The van der Waals surface area contributed by atoms with Crippen LogP contribution in [0, 0.1) is 5.92 Å². The van der Waals surface area contributed by atoms with Gasteiger partial charge in [0.1, 0.15) is 12.6 Å². The first-order valence-electron chi connectivity index (χ1n) is 8.92. The predicted molar refractivity (Wildman–Crippen MR) is 104 cm³/mol. The van der Waals surface area contributed by atoms with Crippen molar-refractivity contribution in [2.45, 2.75) is 19.9 Å². The molecule has 144 valence electrons. The van der Waals surface area contributed by atoms with E-state index in [1.54, 1.807) is 37.4 Å². The zero-order valence-electron chi connectivity index (χ0n) is 15.9. The summed E-state index contributed by atoms with van der Waals surface area (Å²) in [6, 6.07) is 15.5. The van der Waals surface area contributed by atoms with Crippen LogP contribution in [0.4, 0.5) is 0 Å². The van der Waals surface area contributed by atoms with Gasteiger partial charge in [-0.05, 0) is 30.2 Å². The molecule has 27 heavy (non-hydrogen) atoms. The lowest BCUT2D eigenvalue weighted by Gasteiger charge is -2.22. The topological polar surface area (TPSA) is 76.7 Å². The summed E-state index contributed by atoms with van der Waals surface area (Å²) in [5.41, 5.74) is 0.524. The van der Waals surface area contributed by atoms with E-state index in [1.807, 2.05) is 38.1 Å². The molecule has 0 bridgehead atoms. The first-order valence-corrected chi connectivity index (χ1v) is 8.92. The number of hydrogen-bond donors (Lipinski definition) is 2. The second-order valence-corrected chi connectivity index (χ2v) is 6.35. The Hall–Kier alpha value is -3.02. The molecule has 2 N–H and O–H groups in total. The Morgan fingerprint density at radius 2 is 1.59 bits per heavy atom. The highest BCUT2D eigenvalue weighted by atomic mass is 16.5. The molecule has 0 aromatic heterocycles. The van der Waals surface area contributed by atoms with Crippen molar-refractivity contribution in [3.63, 3.8) is 0 Å². The van der Waals surface area contributed by atoms with E-state index < -0.39 is 6.04 Å². The summed E-state index contributed by atoms with van der Waals surface area (Å²) < 4.78 is 10.9. The van der Waals surface area contributed by atoms with Crippen molar-refractivity contribution >= 4 is 11.8 Å². The number of carbonyl (C=O) groups excluding carboxylic acids is 2. The summed E-state index contributed by atoms with van der Waals surface area (Å²) in [4.78, 5) is 24.8. The number of amides is 2. The minimum absolute atomic E-state index is 0.0483. The molecule has 2 amide bonds. The molecule has 2 rings (SSSR count). The van der Waals surface area contributed by atoms with E-state index in [-0.39, 0.29) is 17.7 Å². The Kier molecular flexibility index (Phi) is 7.67. The Morgan fingerprint density at radius 3 is 2.22 bits per heavy atom. The van der Waals surface area contributed by atoms with Crippen molar-refractivity contribution in [2.75, 3.05) is 20.3 Å². The molecule has 0 aliphatic carbocycles. The SMILES string of the molecule is COc1ccccc1OCCNC(=O)C(NC(=O)c1ccccc1)C(C)C. The molecule has 0 aliphatic heterocycles. The van der Waals surface area contributed by atoms with Gasteiger partial charge < -0.3 is 20.1 Å². The van der Waals surface area contributed by atoms with Crippen molar-refractivity contribution in [1.82, 2.24) is 10.6 Å². The summed E-state index contributed by atoms with van der Waals surface area (Å²) in [6.07, 6.45) is 0. The predicted octanol–water partition coefficient (Wildman–Crippen LogP) is 2.64. The van der Waals surface area contributed by atoms with Gasteiger partial charge in [-0.1, -0.05) is 44.2 Å². The fraction of sp³-hybridized carbons (Fsp3) is 0.333. The molecule has 0 fully saturated rings. The van der Waals surface area contributed by atoms with Crippen LogP contribution in [0.5, 0.6) is 11.5 Å². The number of rotatable bonds is 9. The third-order valence-electron chi connectivity index (χ3n) is 4.00. The monoisotopic (exact) mass is 370 g/mol. The fourth-order valence-electron chi connectivity index (χ4n) is 2.53.